The van der Waals surface area contributed by atoms with E-state index in [1.807, 2.05) is 0 Å². The van der Waals surface area contributed by atoms with Gasteiger partial charge in [-0.1, -0.05) is 11.6 Å². The number of rotatable bonds is 3. The molecule has 1 rings (SSSR count). The summed E-state index contributed by atoms with van der Waals surface area (Å²) in [6.07, 6.45) is -0.0144. The first-order chi connectivity index (χ1) is 8.69. The number of nitrogens with one attached hydrogen (secondary N) is 1. The molecule has 19 heavy (non-hydrogen) atoms. The Bertz CT molecular complexity index is 499. The van der Waals surface area contributed by atoms with Gasteiger partial charge in [-0.15, -0.1) is 0 Å². The lowest BCUT2D eigenvalue weighted by Gasteiger charge is -2.20. The summed E-state index contributed by atoms with van der Waals surface area (Å²) in [6.45, 7) is 5.12. The van der Waals surface area contributed by atoms with Crippen molar-refractivity contribution in [2.45, 2.75) is 32.8 Å². The third-order valence-electron chi connectivity index (χ3n) is 1.84. The Hall–Kier alpha value is -1.89. The lowest BCUT2D eigenvalue weighted by Crippen LogP contribution is -2.28. The third kappa shape index (κ3) is 5.09. The molecular weight excluding hydrogens is 274 g/mol. The lowest BCUT2D eigenvalue weighted by atomic mass is 10.2. The summed E-state index contributed by atoms with van der Waals surface area (Å²) < 4.78 is 5.04. The van der Waals surface area contributed by atoms with Gasteiger partial charge in [0, 0.05) is 5.56 Å². The molecule has 1 heterocycles. The highest BCUT2D eigenvalue weighted by Crippen LogP contribution is 2.21. The highest BCUT2D eigenvalue weighted by atomic mass is 35.5. The molecule has 2 N–H and O–H groups in total. The van der Waals surface area contributed by atoms with Gasteiger partial charge in [0.15, 0.2) is 0 Å². The number of aliphatic carboxylic acids is 1. The standard InChI is InChI=1S/C11H14ClN3O4/c1-11(2,3)19-10(18)15-9-6(4-7(16)17)8(12)13-5-14-9/h5H,4H2,1-3H3,(H,16,17)(H,13,14,15,18). The van der Waals surface area contributed by atoms with Crippen molar-refractivity contribution in [3.63, 3.8) is 0 Å². The second-order valence-corrected chi connectivity index (χ2v) is 5.05. The number of carbonyl (C=O) groups is 2. The van der Waals surface area contributed by atoms with Crippen LogP contribution in [0.3, 0.4) is 0 Å². The van der Waals surface area contributed by atoms with Gasteiger partial charge >= 0.3 is 12.1 Å². The SMILES string of the molecule is CC(C)(C)OC(=O)Nc1ncnc(Cl)c1CC(=O)O. The van der Waals surface area contributed by atoms with Gasteiger partial charge in [0.25, 0.3) is 0 Å². The molecule has 0 unspecified atom stereocenters. The zero-order valence-electron chi connectivity index (χ0n) is 10.7. The average molecular weight is 288 g/mol. The molecule has 0 atom stereocenters. The van der Waals surface area contributed by atoms with E-state index < -0.39 is 24.1 Å². The first-order valence-corrected chi connectivity index (χ1v) is 5.78. The lowest BCUT2D eigenvalue weighted by molar-refractivity contribution is -0.136. The van der Waals surface area contributed by atoms with Crippen LogP contribution in [0.4, 0.5) is 10.6 Å². The van der Waals surface area contributed by atoms with E-state index in [0.717, 1.165) is 6.33 Å². The van der Waals surface area contributed by atoms with Crippen LogP contribution in [0.15, 0.2) is 6.33 Å². The number of carbonyl (C=O) groups excluding carboxylic acids is 1. The van der Waals surface area contributed by atoms with Crippen LogP contribution in [0.2, 0.25) is 5.15 Å². The van der Waals surface area contributed by atoms with Crippen LogP contribution in [-0.2, 0) is 16.0 Å². The molecule has 0 aliphatic carbocycles. The van der Waals surface area contributed by atoms with Gasteiger partial charge in [-0.25, -0.2) is 14.8 Å². The summed E-state index contributed by atoms with van der Waals surface area (Å²) >= 11 is 5.78. The van der Waals surface area contributed by atoms with Crippen LogP contribution in [0.25, 0.3) is 0 Å². The van der Waals surface area contributed by atoms with E-state index in [1.54, 1.807) is 20.8 Å². The average Bonchev–Trinajstić information content (AvgIpc) is 2.19. The number of nitrogens with zero attached hydrogens (tertiary/aromatic N) is 2. The summed E-state index contributed by atoms with van der Waals surface area (Å²) in [4.78, 5) is 29.8. The topological polar surface area (TPSA) is 101 Å². The van der Waals surface area contributed by atoms with Crippen molar-refractivity contribution in [3.8, 4) is 0 Å². The van der Waals surface area contributed by atoms with Gasteiger partial charge in [0.2, 0.25) is 0 Å². The Kier molecular flexibility index (Phi) is 4.66. The smallest absolute Gasteiger partial charge is 0.413 e. The van der Waals surface area contributed by atoms with Crippen LogP contribution >= 0.6 is 11.6 Å². The quantitative estimate of drug-likeness (QED) is 0.826. The molecule has 104 valence electrons. The molecule has 0 fully saturated rings. The van der Waals surface area contributed by atoms with Gasteiger partial charge in [-0.05, 0) is 20.8 Å². The molecule has 0 aliphatic rings. The molecule has 8 heteroatoms. The Morgan fingerprint density at radius 2 is 2.05 bits per heavy atom. The maximum Gasteiger partial charge on any atom is 0.413 e. The molecule has 0 radical (unpaired) electrons. The molecule has 0 spiro atoms. The van der Waals surface area contributed by atoms with Crippen LogP contribution < -0.4 is 5.32 Å². The molecular formula is C11H14ClN3O4. The maximum atomic E-state index is 11.6. The Morgan fingerprint density at radius 1 is 1.42 bits per heavy atom. The number of halogens is 1. The second kappa shape index (κ2) is 5.83. The molecule has 0 bridgehead atoms. The van der Waals surface area contributed by atoms with Gasteiger partial charge < -0.3 is 9.84 Å². The number of amides is 1. The highest BCUT2D eigenvalue weighted by molar-refractivity contribution is 6.30. The fourth-order valence-corrected chi connectivity index (χ4v) is 1.41. The zero-order chi connectivity index (χ0) is 14.6. The van der Waals surface area contributed by atoms with Crippen LogP contribution in [0.1, 0.15) is 26.3 Å². The van der Waals surface area contributed by atoms with Crippen molar-refractivity contribution in [2.24, 2.45) is 0 Å². The molecule has 1 aromatic heterocycles. The number of ether oxygens (including phenoxy) is 1. The van der Waals surface area contributed by atoms with E-state index in [9.17, 15) is 9.59 Å². The van der Waals surface area contributed by atoms with E-state index in [4.69, 9.17) is 21.4 Å². The number of hydrogen-bond acceptors (Lipinski definition) is 5. The molecule has 1 aromatic rings. The minimum atomic E-state index is -1.11. The fourth-order valence-electron chi connectivity index (χ4n) is 1.21. The van der Waals surface area contributed by atoms with Gasteiger partial charge in [-0.2, -0.15) is 0 Å². The highest BCUT2D eigenvalue weighted by Gasteiger charge is 2.20. The Labute approximate surface area is 115 Å². The van der Waals surface area contributed by atoms with Crippen molar-refractivity contribution in [1.29, 1.82) is 0 Å². The van der Waals surface area contributed by atoms with Crippen molar-refractivity contribution in [1.82, 2.24) is 9.97 Å². The second-order valence-electron chi connectivity index (χ2n) is 4.69. The zero-order valence-corrected chi connectivity index (χ0v) is 11.5. The first-order valence-electron chi connectivity index (χ1n) is 5.40. The predicted octanol–water partition coefficient (Wildman–Crippen LogP) is 2.10. The van der Waals surface area contributed by atoms with Gasteiger partial charge in [0.1, 0.15) is 22.9 Å². The number of carboxylic acid groups (broad SMARTS) is 1. The van der Waals surface area contributed by atoms with Gasteiger partial charge in [-0.3, -0.25) is 10.1 Å². The number of hydrogen-bond donors (Lipinski definition) is 2. The monoisotopic (exact) mass is 287 g/mol. The molecule has 0 saturated carbocycles. The number of carboxylic acids is 1. The van der Waals surface area contributed by atoms with Crippen LogP contribution in [0, 0.1) is 0 Å². The minimum absolute atomic E-state index is 0.0246. The summed E-state index contributed by atoms with van der Waals surface area (Å²) in [6, 6.07) is 0. The normalized spacial score (nSPS) is 10.9. The van der Waals surface area contributed by atoms with Crippen LogP contribution in [-0.4, -0.2) is 32.7 Å². The summed E-state index contributed by atoms with van der Waals surface area (Å²) in [7, 11) is 0. The number of anilines is 1. The minimum Gasteiger partial charge on any atom is -0.481 e. The Balaban J connectivity index is 2.92. The fraction of sp³-hybridized carbons (Fsp3) is 0.455. The van der Waals surface area contributed by atoms with E-state index in [1.165, 1.54) is 0 Å². The van der Waals surface area contributed by atoms with Gasteiger partial charge in [0.05, 0.1) is 6.42 Å². The molecule has 0 aromatic carbocycles. The summed E-state index contributed by atoms with van der Waals surface area (Å²) in [5.41, 5.74) is -0.545. The largest absolute Gasteiger partial charge is 0.481 e. The van der Waals surface area contributed by atoms with E-state index in [2.05, 4.69) is 15.3 Å². The maximum absolute atomic E-state index is 11.6. The molecule has 0 aliphatic heterocycles. The number of aromatic nitrogens is 2. The third-order valence-corrected chi connectivity index (χ3v) is 2.17. The summed E-state index contributed by atoms with van der Waals surface area (Å²) in [5, 5.41) is 11.1. The van der Waals surface area contributed by atoms with E-state index >= 15 is 0 Å². The molecule has 7 nitrogen and oxygen atoms in total. The Morgan fingerprint density at radius 3 is 2.58 bits per heavy atom. The van der Waals surface area contributed by atoms with Crippen molar-refractivity contribution < 1.29 is 19.4 Å². The van der Waals surface area contributed by atoms with Crippen LogP contribution in [0.5, 0.6) is 0 Å². The van der Waals surface area contributed by atoms with Crippen molar-refractivity contribution in [3.05, 3.63) is 17.0 Å². The first kappa shape index (κ1) is 15.2. The predicted molar refractivity (Wildman–Crippen MR) is 68.2 cm³/mol. The van der Waals surface area contributed by atoms with E-state index in [0.29, 0.717) is 0 Å². The molecule has 0 saturated heterocycles. The molecule has 1 amide bonds. The van der Waals surface area contributed by atoms with Crippen molar-refractivity contribution >= 4 is 29.5 Å². The van der Waals surface area contributed by atoms with E-state index in [-0.39, 0.29) is 16.5 Å². The van der Waals surface area contributed by atoms with Crippen molar-refractivity contribution in [2.75, 3.05) is 5.32 Å². The summed E-state index contributed by atoms with van der Waals surface area (Å²) in [5.74, 6) is -1.08.